The zero-order chi connectivity index (χ0) is 20.0. The van der Waals surface area contributed by atoms with Crippen molar-refractivity contribution in [1.82, 2.24) is 10.6 Å². The Bertz CT molecular complexity index is 927. The zero-order valence-electron chi connectivity index (χ0n) is 17.1. The SMILES string of the molecule is CN=C(NCc1ccc(S(C)(=O)=O)c(C)c1)NCC(C)c1cccc(C)c1.I. The zero-order valence-corrected chi connectivity index (χ0v) is 20.3. The number of nitrogens with one attached hydrogen (secondary N) is 2. The van der Waals surface area contributed by atoms with Crippen molar-refractivity contribution in [2.45, 2.75) is 38.1 Å². The third-order valence-corrected chi connectivity index (χ3v) is 5.77. The molecule has 0 amide bonds. The Balaban J connectivity index is 0.00000392. The molecule has 0 aromatic heterocycles. The molecule has 0 aliphatic heterocycles. The third-order valence-electron chi connectivity index (χ3n) is 4.51. The number of benzene rings is 2. The molecular weight excluding hydrogens is 485 g/mol. The van der Waals surface area contributed by atoms with Gasteiger partial charge in [-0.3, -0.25) is 4.99 Å². The Kier molecular flexibility index (Phi) is 9.43. The van der Waals surface area contributed by atoms with Crippen molar-refractivity contribution in [2.24, 2.45) is 4.99 Å². The molecule has 0 saturated carbocycles. The fourth-order valence-electron chi connectivity index (χ4n) is 2.99. The van der Waals surface area contributed by atoms with Gasteiger partial charge >= 0.3 is 0 Å². The summed E-state index contributed by atoms with van der Waals surface area (Å²) in [7, 11) is -1.45. The van der Waals surface area contributed by atoms with Gasteiger partial charge in [0.2, 0.25) is 0 Å². The molecule has 2 rings (SSSR count). The Hall–Kier alpha value is -1.61. The van der Waals surface area contributed by atoms with Crippen LogP contribution in [0, 0.1) is 13.8 Å². The van der Waals surface area contributed by atoms with Crippen LogP contribution in [0.25, 0.3) is 0 Å². The molecule has 154 valence electrons. The molecule has 2 N–H and O–H groups in total. The van der Waals surface area contributed by atoms with Gasteiger partial charge in [0.25, 0.3) is 0 Å². The van der Waals surface area contributed by atoms with E-state index in [0.717, 1.165) is 23.6 Å². The summed E-state index contributed by atoms with van der Waals surface area (Å²) in [6.07, 6.45) is 1.23. The minimum Gasteiger partial charge on any atom is -0.356 e. The van der Waals surface area contributed by atoms with E-state index < -0.39 is 9.84 Å². The Morgan fingerprint density at radius 2 is 1.82 bits per heavy atom. The number of rotatable bonds is 6. The fraction of sp³-hybridized carbons (Fsp3) is 0.381. The Morgan fingerprint density at radius 3 is 2.39 bits per heavy atom. The van der Waals surface area contributed by atoms with Gasteiger partial charge in [-0.25, -0.2) is 8.42 Å². The molecule has 2 aromatic rings. The first-order chi connectivity index (χ1) is 12.7. The fourth-order valence-corrected chi connectivity index (χ4v) is 3.95. The molecule has 1 unspecified atom stereocenters. The largest absolute Gasteiger partial charge is 0.356 e. The van der Waals surface area contributed by atoms with Gasteiger partial charge in [-0.1, -0.05) is 48.9 Å². The molecule has 2 aromatic carbocycles. The number of hydrogen-bond donors (Lipinski definition) is 2. The van der Waals surface area contributed by atoms with Crippen LogP contribution >= 0.6 is 24.0 Å². The summed E-state index contributed by atoms with van der Waals surface area (Å²) in [6.45, 7) is 7.44. The summed E-state index contributed by atoms with van der Waals surface area (Å²) >= 11 is 0. The van der Waals surface area contributed by atoms with E-state index in [1.54, 1.807) is 13.1 Å². The quantitative estimate of drug-likeness (QED) is 0.349. The average Bonchev–Trinajstić information content (AvgIpc) is 2.60. The standard InChI is InChI=1S/C21H29N3O2S.HI/c1-15-7-6-8-19(11-15)17(3)13-23-21(22-4)24-14-18-9-10-20(16(2)12-18)27(5,25)26;/h6-12,17H,13-14H2,1-5H3,(H2,22,23,24);1H. The van der Waals surface area contributed by atoms with Crippen LogP contribution in [-0.4, -0.2) is 34.2 Å². The van der Waals surface area contributed by atoms with E-state index in [0.29, 0.717) is 17.4 Å². The van der Waals surface area contributed by atoms with E-state index in [4.69, 9.17) is 0 Å². The summed E-state index contributed by atoms with van der Waals surface area (Å²) in [5.74, 6) is 1.08. The summed E-state index contributed by atoms with van der Waals surface area (Å²) < 4.78 is 23.4. The van der Waals surface area contributed by atoms with Crippen LogP contribution in [0.2, 0.25) is 0 Å². The van der Waals surface area contributed by atoms with E-state index >= 15 is 0 Å². The summed E-state index contributed by atoms with van der Waals surface area (Å²) in [5, 5.41) is 6.63. The maximum absolute atomic E-state index is 11.7. The first-order valence-corrected chi connectivity index (χ1v) is 10.9. The van der Waals surface area contributed by atoms with Gasteiger partial charge in [0.05, 0.1) is 4.90 Å². The van der Waals surface area contributed by atoms with E-state index in [1.165, 1.54) is 17.4 Å². The lowest BCUT2D eigenvalue weighted by Gasteiger charge is -2.17. The van der Waals surface area contributed by atoms with Crippen LogP contribution in [0.15, 0.2) is 52.4 Å². The van der Waals surface area contributed by atoms with Gasteiger partial charge in [0.1, 0.15) is 0 Å². The van der Waals surface area contributed by atoms with Crippen LogP contribution in [0.1, 0.15) is 35.1 Å². The number of hydrogen-bond acceptors (Lipinski definition) is 3. The van der Waals surface area contributed by atoms with E-state index in [-0.39, 0.29) is 24.0 Å². The molecule has 0 radical (unpaired) electrons. The van der Waals surface area contributed by atoms with Gasteiger partial charge in [-0.05, 0) is 42.5 Å². The second kappa shape index (κ2) is 10.8. The molecule has 28 heavy (non-hydrogen) atoms. The summed E-state index contributed by atoms with van der Waals surface area (Å²) in [5.41, 5.74) is 4.32. The highest BCUT2D eigenvalue weighted by Gasteiger charge is 2.11. The molecule has 5 nitrogen and oxygen atoms in total. The second-order valence-corrected chi connectivity index (χ2v) is 8.98. The second-order valence-electron chi connectivity index (χ2n) is 6.99. The number of aliphatic imine (C=N–C) groups is 1. The monoisotopic (exact) mass is 515 g/mol. The van der Waals surface area contributed by atoms with Crippen LogP contribution in [0.5, 0.6) is 0 Å². The number of guanidine groups is 1. The smallest absolute Gasteiger partial charge is 0.191 e. The predicted octanol–water partition coefficient (Wildman–Crippen LogP) is 3.79. The minimum absolute atomic E-state index is 0. The number of aryl methyl sites for hydroxylation is 2. The van der Waals surface area contributed by atoms with Crippen molar-refractivity contribution >= 4 is 39.8 Å². The van der Waals surface area contributed by atoms with Gasteiger partial charge in [0, 0.05) is 26.4 Å². The topological polar surface area (TPSA) is 70.6 Å². The molecule has 1 atom stereocenters. The van der Waals surface area contributed by atoms with E-state index in [9.17, 15) is 8.42 Å². The van der Waals surface area contributed by atoms with Crippen molar-refractivity contribution in [3.05, 3.63) is 64.7 Å². The normalized spacial score (nSPS) is 12.8. The maximum Gasteiger partial charge on any atom is 0.191 e. The molecule has 0 heterocycles. The maximum atomic E-state index is 11.7. The summed E-state index contributed by atoms with van der Waals surface area (Å²) in [4.78, 5) is 4.64. The van der Waals surface area contributed by atoms with Crippen molar-refractivity contribution in [2.75, 3.05) is 19.8 Å². The predicted molar refractivity (Wildman–Crippen MR) is 127 cm³/mol. The highest BCUT2D eigenvalue weighted by molar-refractivity contribution is 14.0. The van der Waals surface area contributed by atoms with Crippen LogP contribution in [0.3, 0.4) is 0 Å². The van der Waals surface area contributed by atoms with Gasteiger partial charge in [-0.15, -0.1) is 24.0 Å². The van der Waals surface area contributed by atoms with Crippen molar-refractivity contribution in [3.63, 3.8) is 0 Å². The first kappa shape index (κ1) is 24.4. The molecule has 0 bridgehead atoms. The molecule has 0 spiro atoms. The Labute approximate surface area is 186 Å². The minimum atomic E-state index is -3.19. The molecule has 7 heteroatoms. The molecule has 0 fully saturated rings. The lowest BCUT2D eigenvalue weighted by Crippen LogP contribution is -2.38. The Morgan fingerprint density at radius 1 is 1.11 bits per heavy atom. The highest BCUT2D eigenvalue weighted by atomic mass is 127. The molecule has 0 saturated heterocycles. The van der Waals surface area contributed by atoms with E-state index in [2.05, 4.69) is 53.7 Å². The van der Waals surface area contributed by atoms with Crippen LogP contribution in [-0.2, 0) is 16.4 Å². The van der Waals surface area contributed by atoms with Gasteiger partial charge in [0.15, 0.2) is 15.8 Å². The van der Waals surface area contributed by atoms with Crippen molar-refractivity contribution < 1.29 is 8.42 Å². The van der Waals surface area contributed by atoms with Gasteiger partial charge in [-0.2, -0.15) is 0 Å². The van der Waals surface area contributed by atoms with Crippen LogP contribution in [0.4, 0.5) is 0 Å². The van der Waals surface area contributed by atoms with Crippen molar-refractivity contribution in [3.8, 4) is 0 Å². The third kappa shape index (κ3) is 7.09. The molecule has 0 aliphatic carbocycles. The molecule has 0 aliphatic rings. The lowest BCUT2D eigenvalue weighted by atomic mass is 9.99. The average molecular weight is 515 g/mol. The first-order valence-electron chi connectivity index (χ1n) is 9.01. The van der Waals surface area contributed by atoms with Crippen molar-refractivity contribution in [1.29, 1.82) is 0 Å². The lowest BCUT2D eigenvalue weighted by molar-refractivity contribution is 0.601. The van der Waals surface area contributed by atoms with Crippen LogP contribution < -0.4 is 10.6 Å². The summed E-state index contributed by atoms with van der Waals surface area (Å²) in [6, 6.07) is 13.9. The molecular formula is C21H30IN3O2S. The van der Waals surface area contributed by atoms with E-state index in [1.807, 2.05) is 19.1 Å². The number of nitrogens with zero attached hydrogens (tertiary/aromatic N) is 1. The van der Waals surface area contributed by atoms with Gasteiger partial charge < -0.3 is 10.6 Å². The number of halogens is 1. The highest BCUT2D eigenvalue weighted by Crippen LogP contribution is 2.17. The number of sulfone groups is 1.